The molecule has 2 rings (SSSR count). The number of anilines is 2. The monoisotopic (exact) mass is 273 g/mol. The molecule has 0 aliphatic carbocycles. The van der Waals surface area contributed by atoms with Crippen LogP contribution >= 0.6 is 0 Å². The molecule has 0 bridgehead atoms. The van der Waals surface area contributed by atoms with Crippen molar-refractivity contribution in [1.82, 2.24) is 5.32 Å². The number of rotatable bonds is 4. The molecule has 0 aliphatic heterocycles. The van der Waals surface area contributed by atoms with E-state index in [1.807, 2.05) is 50.2 Å². The molecule has 1 unspecified atom stereocenters. The highest BCUT2D eigenvalue weighted by Crippen LogP contribution is 2.22. The molecule has 1 atom stereocenters. The van der Waals surface area contributed by atoms with Crippen LogP contribution in [0.5, 0.6) is 0 Å². The van der Waals surface area contributed by atoms with Crippen LogP contribution in [0.1, 0.15) is 24.5 Å². The first-order valence-corrected chi connectivity index (χ1v) is 6.50. The number of amides is 2. The number of hydrogen-bond acceptors (Lipinski definition) is 3. The molecule has 0 spiro atoms. The van der Waals surface area contributed by atoms with Crippen LogP contribution in [0.25, 0.3) is 0 Å². The molecule has 2 amide bonds. The smallest absolute Gasteiger partial charge is 0.318 e. The van der Waals surface area contributed by atoms with Crippen LogP contribution in [0.4, 0.5) is 16.2 Å². The Hall–Kier alpha value is -2.43. The van der Waals surface area contributed by atoms with Gasteiger partial charge >= 0.3 is 6.03 Å². The third-order valence-electron chi connectivity index (χ3n) is 2.94. The van der Waals surface area contributed by atoms with Crippen LogP contribution in [0, 0.1) is 6.92 Å². The highest BCUT2D eigenvalue weighted by atomic mass is 16.3. The van der Waals surface area contributed by atoms with Crippen LogP contribution in [0.15, 0.2) is 40.8 Å². The van der Waals surface area contributed by atoms with Gasteiger partial charge in [0.2, 0.25) is 0 Å². The van der Waals surface area contributed by atoms with Crippen LogP contribution in [-0.4, -0.2) is 13.1 Å². The fourth-order valence-corrected chi connectivity index (χ4v) is 1.85. The summed E-state index contributed by atoms with van der Waals surface area (Å²) in [7, 11) is 1.58. The van der Waals surface area contributed by atoms with E-state index in [1.165, 1.54) is 0 Å². The maximum absolute atomic E-state index is 11.2. The number of nitrogens with one attached hydrogen (secondary N) is 3. The summed E-state index contributed by atoms with van der Waals surface area (Å²) in [5.41, 5.74) is 1.71. The van der Waals surface area contributed by atoms with Crippen LogP contribution in [0.3, 0.4) is 0 Å². The van der Waals surface area contributed by atoms with E-state index in [0.29, 0.717) is 0 Å². The second kappa shape index (κ2) is 6.14. The average Bonchev–Trinajstić information content (AvgIpc) is 2.87. The van der Waals surface area contributed by atoms with Crippen molar-refractivity contribution in [1.29, 1.82) is 0 Å². The minimum Gasteiger partial charge on any atom is -0.464 e. The maximum Gasteiger partial charge on any atom is 0.318 e. The fourth-order valence-electron chi connectivity index (χ4n) is 1.85. The van der Waals surface area contributed by atoms with E-state index in [4.69, 9.17) is 4.42 Å². The van der Waals surface area contributed by atoms with Gasteiger partial charge in [-0.2, -0.15) is 0 Å². The summed E-state index contributed by atoms with van der Waals surface area (Å²) >= 11 is 0. The highest BCUT2D eigenvalue weighted by molar-refractivity contribution is 5.89. The largest absolute Gasteiger partial charge is 0.464 e. The van der Waals surface area contributed by atoms with Gasteiger partial charge in [-0.3, -0.25) is 0 Å². The van der Waals surface area contributed by atoms with Crippen molar-refractivity contribution in [2.45, 2.75) is 19.9 Å². The summed E-state index contributed by atoms with van der Waals surface area (Å²) in [5, 5.41) is 8.56. The van der Waals surface area contributed by atoms with Gasteiger partial charge in [0.05, 0.1) is 6.04 Å². The lowest BCUT2D eigenvalue weighted by atomic mass is 10.2. The Morgan fingerprint density at radius 1 is 1.10 bits per heavy atom. The summed E-state index contributed by atoms with van der Waals surface area (Å²) < 4.78 is 5.58. The fraction of sp³-hybridized carbons (Fsp3) is 0.267. The Kier molecular flexibility index (Phi) is 4.30. The molecule has 3 N–H and O–H groups in total. The molecule has 106 valence electrons. The van der Waals surface area contributed by atoms with Crippen molar-refractivity contribution in [3.63, 3.8) is 0 Å². The molecule has 2 aromatic rings. The number of urea groups is 1. The van der Waals surface area contributed by atoms with E-state index < -0.39 is 0 Å². The third kappa shape index (κ3) is 3.54. The molecule has 20 heavy (non-hydrogen) atoms. The van der Waals surface area contributed by atoms with Crippen molar-refractivity contribution in [3.8, 4) is 0 Å². The van der Waals surface area contributed by atoms with E-state index in [1.54, 1.807) is 7.05 Å². The predicted molar refractivity (Wildman–Crippen MR) is 80.0 cm³/mol. The predicted octanol–water partition coefficient (Wildman–Crippen LogP) is 3.51. The average molecular weight is 273 g/mol. The highest BCUT2D eigenvalue weighted by Gasteiger charge is 2.09. The first kappa shape index (κ1) is 14.0. The van der Waals surface area contributed by atoms with Gasteiger partial charge in [-0.25, -0.2) is 4.79 Å². The Bertz CT molecular complexity index is 575. The molecule has 5 heteroatoms. The summed E-state index contributed by atoms with van der Waals surface area (Å²) in [6, 6.07) is 11.3. The first-order chi connectivity index (χ1) is 9.58. The third-order valence-corrected chi connectivity index (χ3v) is 2.94. The number of aryl methyl sites for hydroxylation is 1. The zero-order valence-corrected chi connectivity index (χ0v) is 11.9. The van der Waals surface area contributed by atoms with Crippen LogP contribution < -0.4 is 16.0 Å². The van der Waals surface area contributed by atoms with Gasteiger partial charge in [0, 0.05) is 18.4 Å². The Labute approximate surface area is 118 Å². The molecule has 0 fully saturated rings. The molecule has 5 nitrogen and oxygen atoms in total. The molecule has 1 heterocycles. The number of carbonyl (C=O) groups is 1. The lowest BCUT2D eigenvalue weighted by Gasteiger charge is -2.13. The second-order valence-corrected chi connectivity index (χ2v) is 4.60. The summed E-state index contributed by atoms with van der Waals surface area (Å²) in [4.78, 5) is 11.2. The van der Waals surface area contributed by atoms with E-state index in [-0.39, 0.29) is 12.1 Å². The molecule has 0 saturated heterocycles. The molecule has 0 saturated carbocycles. The van der Waals surface area contributed by atoms with Gasteiger partial charge in [-0.05, 0) is 50.2 Å². The van der Waals surface area contributed by atoms with Gasteiger partial charge in [0.25, 0.3) is 0 Å². The lowest BCUT2D eigenvalue weighted by molar-refractivity contribution is 0.254. The minimum atomic E-state index is -0.231. The summed E-state index contributed by atoms with van der Waals surface area (Å²) in [6.45, 7) is 3.96. The van der Waals surface area contributed by atoms with E-state index >= 15 is 0 Å². The van der Waals surface area contributed by atoms with Crippen LogP contribution in [0.2, 0.25) is 0 Å². The molecular formula is C15H19N3O2. The number of furan rings is 1. The van der Waals surface area contributed by atoms with Crippen molar-refractivity contribution in [2.24, 2.45) is 0 Å². The minimum absolute atomic E-state index is 0.0847. The zero-order valence-electron chi connectivity index (χ0n) is 11.9. The summed E-state index contributed by atoms with van der Waals surface area (Å²) in [6.07, 6.45) is 0. The molecule has 1 aromatic heterocycles. The van der Waals surface area contributed by atoms with Gasteiger partial charge in [0.15, 0.2) is 0 Å². The molecule has 0 radical (unpaired) electrons. The maximum atomic E-state index is 11.2. The van der Waals surface area contributed by atoms with Crippen molar-refractivity contribution >= 4 is 17.4 Å². The number of hydrogen-bond donors (Lipinski definition) is 3. The van der Waals surface area contributed by atoms with E-state index in [2.05, 4.69) is 16.0 Å². The van der Waals surface area contributed by atoms with Gasteiger partial charge in [0.1, 0.15) is 11.5 Å². The quantitative estimate of drug-likeness (QED) is 0.798. The van der Waals surface area contributed by atoms with Gasteiger partial charge < -0.3 is 20.4 Å². The standard InChI is InChI=1S/C15H19N3O2/c1-10-4-9-14(20-10)11(2)17-12-5-7-13(8-6-12)18-15(19)16-3/h4-9,11,17H,1-3H3,(H2,16,18,19). The van der Waals surface area contributed by atoms with Crippen molar-refractivity contribution in [2.75, 3.05) is 17.7 Å². The topological polar surface area (TPSA) is 66.3 Å². The zero-order chi connectivity index (χ0) is 14.5. The Morgan fingerprint density at radius 3 is 2.30 bits per heavy atom. The summed E-state index contributed by atoms with van der Waals surface area (Å²) in [5.74, 6) is 1.80. The Balaban J connectivity index is 1.98. The van der Waals surface area contributed by atoms with Crippen molar-refractivity contribution < 1.29 is 9.21 Å². The van der Waals surface area contributed by atoms with Gasteiger partial charge in [-0.1, -0.05) is 0 Å². The molecule has 1 aromatic carbocycles. The van der Waals surface area contributed by atoms with E-state index in [9.17, 15) is 4.79 Å². The molecular weight excluding hydrogens is 254 g/mol. The molecule has 0 aliphatic rings. The SMILES string of the molecule is CNC(=O)Nc1ccc(NC(C)c2ccc(C)o2)cc1. The second-order valence-electron chi connectivity index (χ2n) is 4.60. The Morgan fingerprint density at radius 2 is 1.75 bits per heavy atom. The van der Waals surface area contributed by atoms with Crippen LogP contribution in [-0.2, 0) is 0 Å². The normalized spacial score (nSPS) is 11.8. The number of carbonyl (C=O) groups excluding carboxylic acids is 1. The first-order valence-electron chi connectivity index (χ1n) is 6.50. The van der Waals surface area contributed by atoms with Crippen molar-refractivity contribution in [3.05, 3.63) is 47.9 Å². The van der Waals surface area contributed by atoms with Gasteiger partial charge in [-0.15, -0.1) is 0 Å². The van der Waals surface area contributed by atoms with E-state index in [0.717, 1.165) is 22.9 Å². The lowest BCUT2D eigenvalue weighted by Crippen LogP contribution is -2.24. The number of benzene rings is 1.